The first kappa shape index (κ1) is 11.4. The lowest BCUT2D eigenvalue weighted by Crippen LogP contribution is -2.22. The Labute approximate surface area is 88.0 Å². The molecule has 0 aliphatic rings. The van der Waals surface area contributed by atoms with E-state index in [4.69, 9.17) is 5.73 Å². The fraction of sp³-hybridized carbons (Fsp3) is 0.556. The summed E-state index contributed by atoms with van der Waals surface area (Å²) in [5.74, 6) is 0.541. The van der Waals surface area contributed by atoms with E-state index in [0.29, 0.717) is 10.9 Å². The van der Waals surface area contributed by atoms with E-state index in [9.17, 15) is 5.11 Å². The average Bonchev–Trinajstić information content (AvgIpc) is 2.12. The highest BCUT2D eigenvalue weighted by Crippen LogP contribution is 2.14. The van der Waals surface area contributed by atoms with Crippen LogP contribution in [0.4, 0.5) is 0 Å². The monoisotopic (exact) mass is 213 g/mol. The number of hydrogen-bond donors (Lipinski definition) is 2. The van der Waals surface area contributed by atoms with Gasteiger partial charge in [-0.15, -0.1) is 0 Å². The molecule has 1 rings (SSSR count). The van der Waals surface area contributed by atoms with Crippen molar-refractivity contribution in [2.75, 3.05) is 12.3 Å². The molecule has 3 N–H and O–H groups in total. The van der Waals surface area contributed by atoms with E-state index in [2.05, 4.69) is 9.97 Å². The van der Waals surface area contributed by atoms with Crippen molar-refractivity contribution in [3.63, 3.8) is 0 Å². The molecule has 0 fully saturated rings. The van der Waals surface area contributed by atoms with Crippen molar-refractivity contribution in [2.45, 2.75) is 25.1 Å². The van der Waals surface area contributed by atoms with E-state index in [1.54, 1.807) is 0 Å². The molecular weight excluding hydrogens is 198 g/mol. The second kappa shape index (κ2) is 5.29. The van der Waals surface area contributed by atoms with Crippen molar-refractivity contribution in [1.29, 1.82) is 0 Å². The molecule has 14 heavy (non-hydrogen) atoms. The lowest BCUT2D eigenvalue weighted by molar-refractivity contribution is 0.208. The van der Waals surface area contributed by atoms with Crippen LogP contribution in [-0.2, 0) is 0 Å². The highest BCUT2D eigenvalue weighted by Gasteiger charge is 2.05. The summed E-state index contributed by atoms with van der Waals surface area (Å²) in [6, 6.07) is 1.92. The first-order valence-electron chi connectivity index (χ1n) is 4.45. The Bertz CT molecular complexity index is 286. The van der Waals surface area contributed by atoms with E-state index in [0.717, 1.165) is 11.4 Å². The van der Waals surface area contributed by atoms with Crippen LogP contribution in [0.25, 0.3) is 0 Å². The summed E-state index contributed by atoms with van der Waals surface area (Å²) in [4.78, 5) is 8.48. The Morgan fingerprint density at radius 1 is 1.43 bits per heavy atom. The lowest BCUT2D eigenvalue weighted by atomic mass is 10.4. The van der Waals surface area contributed by atoms with Gasteiger partial charge in [-0.3, -0.25) is 0 Å². The number of hydrogen-bond acceptors (Lipinski definition) is 5. The Morgan fingerprint density at radius 2 is 2.00 bits per heavy atom. The van der Waals surface area contributed by atoms with Gasteiger partial charge in [-0.25, -0.2) is 9.97 Å². The normalized spacial score (nSPS) is 12.9. The molecule has 1 aromatic rings. The van der Waals surface area contributed by atoms with Crippen LogP contribution in [0.15, 0.2) is 11.2 Å². The summed E-state index contributed by atoms with van der Waals surface area (Å²) in [6.07, 6.45) is -0.482. The van der Waals surface area contributed by atoms with E-state index in [1.807, 2.05) is 19.9 Å². The number of aromatic nitrogens is 2. The van der Waals surface area contributed by atoms with Gasteiger partial charge in [0.15, 0.2) is 5.16 Å². The molecule has 0 amide bonds. The zero-order valence-electron chi connectivity index (χ0n) is 8.40. The van der Waals surface area contributed by atoms with Crippen LogP contribution in [0.5, 0.6) is 0 Å². The molecule has 0 aromatic carbocycles. The quantitative estimate of drug-likeness (QED) is 0.563. The van der Waals surface area contributed by atoms with Crippen molar-refractivity contribution in [2.24, 2.45) is 5.73 Å². The predicted octanol–water partition coefficient (Wildman–Crippen LogP) is 0.505. The van der Waals surface area contributed by atoms with Gasteiger partial charge in [-0.1, -0.05) is 11.8 Å². The summed E-state index contributed by atoms with van der Waals surface area (Å²) in [6.45, 7) is 4.13. The largest absolute Gasteiger partial charge is 0.391 e. The summed E-state index contributed by atoms with van der Waals surface area (Å²) >= 11 is 1.43. The van der Waals surface area contributed by atoms with Gasteiger partial charge in [0, 0.05) is 23.7 Å². The number of aliphatic hydroxyl groups is 1. The SMILES string of the molecule is Cc1cc(C)nc(SCC(O)CN)n1. The van der Waals surface area contributed by atoms with E-state index >= 15 is 0 Å². The average molecular weight is 213 g/mol. The molecule has 0 bridgehead atoms. The van der Waals surface area contributed by atoms with E-state index in [-0.39, 0.29) is 6.54 Å². The third kappa shape index (κ3) is 3.61. The zero-order valence-corrected chi connectivity index (χ0v) is 9.21. The smallest absolute Gasteiger partial charge is 0.188 e. The molecule has 5 heteroatoms. The van der Waals surface area contributed by atoms with Gasteiger partial charge < -0.3 is 10.8 Å². The van der Waals surface area contributed by atoms with Gasteiger partial charge in [0.05, 0.1) is 6.10 Å². The van der Waals surface area contributed by atoms with Crippen LogP contribution in [-0.4, -0.2) is 33.5 Å². The highest BCUT2D eigenvalue weighted by atomic mass is 32.2. The molecule has 0 radical (unpaired) electrons. The third-order valence-corrected chi connectivity index (χ3v) is 2.63. The topological polar surface area (TPSA) is 72.0 Å². The van der Waals surface area contributed by atoms with Crippen molar-refractivity contribution in [1.82, 2.24) is 9.97 Å². The number of aliphatic hydroxyl groups excluding tert-OH is 1. The molecule has 1 unspecified atom stereocenters. The number of aryl methyl sites for hydroxylation is 2. The second-order valence-corrected chi connectivity index (χ2v) is 4.12. The number of nitrogens with zero attached hydrogens (tertiary/aromatic N) is 2. The molecule has 78 valence electrons. The zero-order chi connectivity index (χ0) is 10.6. The van der Waals surface area contributed by atoms with Crippen LogP contribution >= 0.6 is 11.8 Å². The molecule has 1 atom stereocenters. The maximum absolute atomic E-state index is 9.26. The fourth-order valence-corrected chi connectivity index (χ4v) is 1.89. The molecule has 0 saturated carbocycles. The number of thioether (sulfide) groups is 1. The van der Waals surface area contributed by atoms with Gasteiger partial charge in [0.2, 0.25) is 0 Å². The van der Waals surface area contributed by atoms with E-state index < -0.39 is 6.10 Å². The minimum atomic E-state index is -0.482. The van der Waals surface area contributed by atoms with Crippen LogP contribution in [0.3, 0.4) is 0 Å². The molecule has 1 aromatic heterocycles. The van der Waals surface area contributed by atoms with Crippen molar-refractivity contribution >= 4 is 11.8 Å². The third-order valence-electron chi connectivity index (χ3n) is 1.64. The van der Waals surface area contributed by atoms with Crippen LogP contribution in [0.1, 0.15) is 11.4 Å². The van der Waals surface area contributed by atoms with Crippen LogP contribution < -0.4 is 5.73 Å². The summed E-state index contributed by atoms with van der Waals surface area (Å²) in [5.41, 5.74) is 7.18. The summed E-state index contributed by atoms with van der Waals surface area (Å²) < 4.78 is 0. The van der Waals surface area contributed by atoms with Gasteiger partial charge in [0.1, 0.15) is 0 Å². The summed E-state index contributed by atoms with van der Waals surface area (Å²) in [5, 5.41) is 9.96. The van der Waals surface area contributed by atoms with Gasteiger partial charge in [0.25, 0.3) is 0 Å². The molecule has 1 heterocycles. The van der Waals surface area contributed by atoms with Crippen LogP contribution in [0.2, 0.25) is 0 Å². The molecule has 0 spiro atoms. The molecule has 4 nitrogen and oxygen atoms in total. The van der Waals surface area contributed by atoms with Crippen molar-refractivity contribution in [3.05, 3.63) is 17.5 Å². The Morgan fingerprint density at radius 3 is 2.50 bits per heavy atom. The molecule has 0 aliphatic heterocycles. The molecule has 0 aliphatic carbocycles. The maximum Gasteiger partial charge on any atom is 0.188 e. The lowest BCUT2D eigenvalue weighted by Gasteiger charge is -2.06. The highest BCUT2D eigenvalue weighted by molar-refractivity contribution is 7.99. The molecular formula is C9H15N3OS. The summed E-state index contributed by atoms with van der Waals surface area (Å²) in [7, 11) is 0. The van der Waals surface area contributed by atoms with Gasteiger partial charge >= 0.3 is 0 Å². The minimum absolute atomic E-state index is 0.276. The minimum Gasteiger partial charge on any atom is -0.391 e. The second-order valence-electron chi connectivity index (χ2n) is 3.13. The van der Waals surface area contributed by atoms with Gasteiger partial charge in [-0.05, 0) is 19.9 Å². The standard InChI is InChI=1S/C9H15N3OS/c1-6-3-7(2)12-9(11-6)14-5-8(13)4-10/h3,8,13H,4-5,10H2,1-2H3. The van der Waals surface area contributed by atoms with Crippen LogP contribution in [0, 0.1) is 13.8 Å². The number of nitrogens with two attached hydrogens (primary N) is 1. The van der Waals surface area contributed by atoms with E-state index in [1.165, 1.54) is 11.8 Å². The van der Waals surface area contributed by atoms with Crippen molar-refractivity contribution in [3.8, 4) is 0 Å². The maximum atomic E-state index is 9.26. The Balaban J connectivity index is 2.58. The number of rotatable bonds is 4. The Hall–Kier alpha value is -0.650. The predicted molar refractivity (Wildman–Crippen MR) is 57.3 cm³/mol. The first-order chi connectivity index (χ1) is 6.61. The Kier molecular flexibility index (Phi) is 4.31. The van der Waals surface area contributed by atoms with Crippen molar-refractivity contribution < 1.29 is 5.11 Å². The van der Waals surface area contributed by atoms with Gasteiger partial charge in [-0.2, -0.15) is 0 Å². The first-order valence-corrected chi connectivity index (χ1v) is 5.43. The fourth-order valence-electron chi connectivity index (χ4n) is 0.997. The molecule has 0 saturated heterocycles.